The minimum absolute atomic E-state index is 0.0442. The highest BCUT2D eigenvalue weighted by Crippen LogP contribution is 2.35. The number of nitrogens with zero attached hydrogens (tertiary/aromatic N) is 2. The molecule has 1 heterocycles. The number of hydrogen-bond donors (Lipinski definition) is 0. The molecule has 1 fully saturated rings. The molecule has 0 N–H and O–H groups in total. The number of rotatable bonds is 4. The predicted octanol–water partition coefficient (Wildman–Crippen LogP) is 3.65. The summed E-state index contributed by atoms with van der Waals surface area (Å²) in [6.45, 7) is 1.19. The van der Waals surface area contributed by atoms with Gasteiger partial charge in [0.1, 0.15) is 16.5 Å². The molecule has 0 aliphatic carbocycles. The van der Waals surface area contributed by atoms with Crippen LogP contribution in [0.1, 0.15) is 0 Å². The summed E-state index contributed by atoms with van der Waals surface area (Å²) in [5.74, 6) is -0.0197. The van der Waals surface area contributed by atoms with Crippen molar-refractivity contribution in [3.63, 3.8) is 0 Å². The maximum atomic E-state index is 13.9. The molecule has 3 rings (SSSR count). The Kier molecular flexibility index (Phi) is 5.62. The van der Waals surface area contributed by atoms with Crippen molar-refractivity contribution in [3.05, 3.63) is 52.3 Å². The maximum absolute atomic E-state index is 13.9. The topological polar surface area (TPSA) is 49.9 Å². The lowest BCUT2D eigenvalue weighted by atomic mass is 10.2. The third-order valence-electron chi connectivity index (χ3n) is 4.26. The number of anilines is 1. The van der Waals surface area contributed by atoms with E-state index in [9.17, 15) is 12.8 Å². The lowest BCUT2D eigenvalue weighted by Crippen LogP contribution is -2.49. The van der Waals surface area contributed by atoms with Crippen molar-refractivity contribution in [3.8, 4) is 5.75 Å². The van der Waals surface area contributed by atoms with E-state index in [0.717, 1.165) is 0 Å². The van der Waals surface area contributed by atoms with Gasteiger partial charge in [0.05, 0.1) is 22.8 Å². The number of hydrogen-bond acceptors (Lipinski definition) is 4. The third-order valence-corrected chi connectivity index (χ3v) is 6.91. The van der Waals surface area contributed by atoms with Gasteiger partial charge in [0, 0.05) is 32.2 Å². The van der Waals surface area contributed by atoms with Crippen LogP contribution in [0.3, 0.4) is 0 Å². The van der Waals surface area contributed by atoms with E-state index in [1.54, 1.807) is 18.2 Å². The van der Waals surface area contributed by atoms with E-state index in [-0.39, 0.29) is 33.8 Å². The molecule has 2 aromatic carbocycles. The molecular weight excluding hydrogens is 402 g/mol. The maximum Gasteiger partial charge on any atom is 0.244 e. The van der Waals surface area contributed by atoms with Gasteiger partial charge >= 0.3 is 0 Å². The molecule has 26 heavy (non-hydrogen) atoms. The normalized spacial score (nSPS) is 15.9. The van der Waals surface area contributed by atoms with Crippen LogP contribution in [-0.4, -0.2) is 46.0 Å². The molecule has 9 heteroatoms. The highest BCUT2D eigenvalue weighted by molar-refractivity contribution is 7.89. The van der Waals surface area contributed by atoms with Crippen molar-refractivity contribution >= 4 is 38.9 Å². The van der Waals surface area contributed by atoms with E-state index in [4.69, 9.17) is 27.9 Å². The lowest BCUT2D eigenvalue weighted by molar-refractivity contribution is 0.383. The first-order valence-electron chi connectivity index (χ1n) is 7.87. The fourth-order valence-electron chi connectivity index (χ4n) is 2.88. The van der Waals surface area contributed by atoms with Crippen LogP contribution >= 0.6 is 23.2 Å². The number of benzene rings is 2. The Balaban J connectivity index is 1.81. The van der Waals surface area contributed by atoms with E-state index >= 15 is 0 Å². The van der Waals surface area contributed by atoms with E-state index < -0.39 is 10.0 Å². The van der Waals surface area contributed by atoms with Crippen molar-refractivity contribution in [1.29, 1.82) is 0 Å². The first-order chi connectivity index (χ1) is 12.3. The molecule has 5 nitrogen and oxygen atoms in total. The Morgan fingerprint density at radius 3 is 2.31 bits per heavy atom. The van der Waals surface area contributed by atoms with E-state index in [1.807, 2.05) is 4.90 Å². The molecule has 1 aliphatic heterocycles. The monoisotopic (exact) mass is 418 g/mol. The van der Waals surface area contributed by atoms with Gasteiger partial charge in [-0.2, -0.15) is 4.31 Å². The highest BCUT2D eigenvalue weighted by atomic mass is 35.5. The average Bonchev–Trinajstić information content (AvgIpc) is 2.63. The number of halogens is 3. The highest BCUT2D eigenvalue weighted by Gasteiger charge is 2.31. The SMILES string of the molecule is COc1cc(Cl)c(S(=O)(=O)N2CCN(c3ccccc3F)CC2)cc1Cl. The minimum atomic E-state index is -3.81. The second-order valence-electron chi connectivity index (χ2n) is 5.76. The molecule has 0 bridgehead atoms. The Morgan fingerprint density at radius 1 is 1.04 bits per heavy atom. The first-order valence-corrected chi connectivity index (χ1v) is 10.1. The van der Waals surface area contributed by atoms with Crippen LogP contribution in [0.2, 0.25) is 10.0 Å². The minimum Gasteiger partial charge on any atom is -0.495 e. The van der Waals surface area contributed by atoms with Crippen LogP contribution in [-0.2, 0) is 10.0 Å². The van der Waals surface area contributed by atoms with Crippen molar-refractivity contribution in [2.45, 2.75) is 4.90 Å². The number of sulfonamides is 1. The summed E-state index contributed by atoms with van der Waals surface area (Å²) >= 11 is 12.2. The summed E-state index contributed by atoms with van der Waals surface area (Å²) in [6, 6.07) is 9.11. The number of para-hydroxylation sites is 1. The summed E-state index contributed by atoms with van der Waals surface area (Å²) in [6.07, 6.45) is 0. The van der Waals surface area contributed by atoms with Crippen molar-refractivity contribution < 1.29 is 17.5 Å². The van der Waals surface area contributed by atoms with Gasteiger partial charge in [-0.3, -0.25) is 0 Å². The summed E-state index contributed by atoms with van der Waals surface area (Å²) in [4.78, 5) is 1.76. The molecule has 0 aromatic heterocycles. The average molecular weight is 419 g/mol. The largest absolute Gasteiger partial charge is 0.495 e. The summed E-state index contributed by atoms with van der Waals surface area (Å²) < 4.78 is 46.1. The zero-order valence-electron chi connectivity index (χ0n) is 14.0. The molecule has 0 unspecified atom stereocenters. The van der Waals surface area contributed by atoms with E-state index in [1.165, 1.54) is 29.6 Å². The third kappa shape index (κ3) is 3.62. The fourth-order valence-corrected chi connectivity index (χ4v) is 5.13. The Bertz CT molecular complexity index is 916. The Labute approximate surface area is 161 Å². The first kappa shape index (κ1) is 19.2. The van der Waals surface area contributed by atoms with Crippen LogP contribution in [0, 0.1) is 5.82 Å². The van der Waals surface area contributed by atoms with Gasteiger partial charge in [0.15, 0.2) is 0 Å². The van der Waals surface area contributed by atoms with Gasteiger partial charge in [-0.15, -0.1) is 0 Å². The molecule has 0 spiro atoms. The summed E-state index contributed by atoms with van der Waals surface area (Å²) in [7, 11) is -2.39. The second-order valence-corrected chi connectivity index (χ2v) is 8.48. The molecule has 0 saturated carbocycles. The van der Waals surface area contributed by atoms with Crippen molar-refractivity contribution in [2.24, 2.45) is 0 Å². The Morgan fingerprint density at radius 2 is 1.69 bits per heavy atom. The lowest BCUT2D eigenvalue weighted by Gasteiger charge is -2.35. The Hall–Kier alpha value is -1.54. The van der Waals surface area contributed by atoms with Gasteiger partial charge in [-0.25, -0.2) is 12.8 Å². The van der Waals surface area contributed by atoms with Crippen LogP contribution in [0.15, 0.2) is 41.3 Å². The molecule has 1 saturated heterocycles. The van der Waals surface area contributed by atoms with Crippen molar-refractivity contribution in [1.82, 2.24) is 4.31 Å². The fraction of sp³-hybridized carbons (Fsp3) is 0.294. The van der Waals surface area contributed by atoms with Gasteiger partial charge in [-0.05, 0) is 18.2 Å². The van der Waals surface area contributed by atoms with Crippen molar-refractivity contribution in [2.75, 3.05) is 38.2 Å². The molecule has 0 radical (unpaired) electrons. The summed E-state index contributed by atoms with van der Waals surface area (Å²) in [5.41, 5.74) is 0.468. The molecule has 0 atom stereocenters. The second kappa shape index (κ2) is 7.60. The molecule has 140 valence electrons. The smallest absolute Gasteiger partial charge is 0.244 e. The molecule has 0 amide bonds. The zero-order valence-corrected chi connectivity index (χ0v) is 16.3. The molecule has 1 aliphatic rings. The summed E-state index contributed by atoms with van der Waals surface area (Å²) in [5, 5.41) is 0.211. The van der Waals surface area contributed by atoms with Crippen LogP contribution in [0.4, 0.5) is 10.1 Å². The van der Waals surface area contributed by atoms with Crippen LogP contribution in [0.5, 0.6) is 5.75 Å². The van der Waals surface area contributed by atoms with Gasteiger partial charge in [0.25, 0.3) is 0 Å². The number of piperazine rings is 1. The number of ether oxygens (including phenoxy) is 1. The zero-order chi connectivity index (χ0) is 18.9. The quantitative estimate of drug-likeness (QED) is 0.759. The van der Waals surface area contributed by atoms with Gasteiger partial charge < -0.3 is 9.64 Å². The van der Waals surface area contributed by atoms with Gasteiger partial charge in [0.2, 0.25) is 10.0 Å². The van der Waals surface area contributed by atoms with E-state index in [0.29, 0.717) is 24.5 Å². The molecule has 2 aromatic rings. The van der Waals surface area contributed by atoms with Crippen LogP contribution < -0.4 is 9.64 Å². The van der Waals surface area contributed by atoms with Gasteiger partial charge in [-0.1, -0.05) is 35.3 Å². The predicted molar refractivity (Wildman–Crippen MR) is 100 cm³/mol. The number of methoxy groups -OCH3 is 1. The molecular formula is C17H17Cl2FN2O3S. The standard InChI is InChI=1S/C17H17Cl2FN2O3S/c1-25-16-10-13(19)17(11-12(16)18)26(23,24)22-8-6-21(7-9-22)15-5-3-2-4-14(15)20/h2-5,10-11H,6-9H2,1H3. The van der Waals surface area contributed by atoms with Crippen LogP contribution in [0.25, 0.3) is 0 Å². The van der Waals surface area contributed by atoms with E-state index in [2.05, 4.69) is 0 Å².